The van der Waals surface area contributed by atoms with Gasteiger partial charge in [0.1, 0.15) is 5.73 Å². The zero-order valence-electron chi connectivity index (χ0n) is 14.9. The van der Waals surface area contributed by atoms with E-state index in [0.29, 0.717) is 16.9 Å². The van der Waals surface area contributed by atoms with E-state index in [2.05, 4.69) is 0 Å². The Morgan fingerprint density at radius 2 is 1.79 bits per heavy atom. The van der Waals surface area contributed by atoms with Gasteiger partial charge < -0.3 is 18.5 Å². The standard InChI is InChI=1S/C18H22BFO4/c1-11-10-22-16-13(11)7-12(8-14(16)21-6)9-15(20)19-23-17(2,3)18(4,5)24-19/h7-10H,1-6H3. The first kappa shape index (κ1) is 17.1. The number of hydrogen-bond acceptors (Lipinski definition) is 4. The lowest BCUT2D eigenvalue weighted by atomic mass is 9.86. The summed E-state index contributed by atoms with van der Waals surface area (Å²) in [5.41, 5.74) is 0.655. The topological polar surface area (TPSA) is 40.8 Å². The van der Waals surface area contributed by atoms with Gasteiger partial charge in [-0.15, -0.1) is 0 Å². The second kappa shape index (κ2) is 5.64. The Balaban J connectivity index is 1.97. The van der Waals surface area contributed by atoms with E-state index in [1.807, 2.05) is 40.7 Å². The Kier molecular flexibility index (Phi) is 4.01. The molecule has 2 aromatic rings. The monoisotopic (exact) mass is 332 g/mol. The van der Waals surface area contributed by atoms with Crippen molar-refractivity contribution >= 4 is 24.2 Å². The predicted molar refractivity (Wildman–Crippen MR) is 92.7 cm³/mol. The molecule has 4 nitrogen and oxygen atoms in total. The molecule has 0 spiro atoms. The van der Waals surface area contributed by atoms with Crippen molar-refractivity contribution in [3.8, 4) is 5.75 Å². The Labute approximate surface area is 141 Å². The maximum atomic E-state index is 14.7. The van der Waals surface area contributed by atoms with Crippen LogP contribution in [-0.4, -0.2) is 25.4 Å². The molecule has 24 heavy (non-hydrogen) atoms. The smallest absolute Gasteiger partial charge is 0.493 e. The Morgan fingerprint density at radius 1 is 1.17 bits per heavy atom. The summed E-state index contributed by atoms with van der Waals surface area (Å²) in [6.07, 6.45) is 3.07. The number of ether oxygens (including phenoxy) is 1. The van der Waals surface area contributed by atoms with Crippen molar-refractivity contribution in [2.45, 2.75) is 45.8 Å². The molecule has 0 aliphatic carbocycles. The van der Waals surface area contributed by atoms with Crippen LogP contribution in [0.15, 0.2) is 28.5 Å². The lowest BCUT2D eigenvalue weighted by Gasteiger charge is -2.32. The largest absolute Gasteiger partial charge is 0.525 e. The van der Waals surface area contributed by atoms with E-state index in [9.17, 15) is 4.39 Å². The van der Waals surface area contributed by atoms with E-state index in [1.54, 1.807) is 19.4 Å². The maximum absolute atomic E-state index is 14.7. The van der Waals surface area contributed by atoms with Gasteiger partial charge in [-0.25, -0.2) is 4.39 Å². The normalized spacial score (nSPS) is 20.0. The molecule has 3 rings (SSSR count). The minimum absolute atomic E-state index is 0.476. The SMILES string of the molecule is COc1cc(C=C(F)B2OC(C)(C)C(C)(C)O2)cc2c(C)coc12. The lowest BCUT2D eigenvalue weighted by molar-refractivity contribution is 0.00578. The molecule has 1 saturated heterocycles. The highest BCUT2D eigenvalue weighted by Gasteiger charge is 2.53. The summed E-state index contributed by atoms with van der Waals surface area (Å²) in [6, 6.07) is 3.59. The van der Waals surface area contributed by atoms with E-state index >= 15 is 0 Å². The summed E-state index contributed by atoms with van der Waals surface area (Å²) >= 11 is 0. The minimum atomic E-state index is -1.01. The first-order valence-corrected chi connectivity index (χ1v) is 7.93. The summed E-state index contributed by atoms with van der Waals surface area (Å²) in [5, 5.41) is 0.891. The van der Waals surface area contributed by atoms with Crippen LogP contribution in [0, 0.1) is 6.92 Å². The van der Waals surface area contributed by atoms with Crippen molar-refractivity contribution in [3.63, 3.8) is 0 Å². The average Bonchev–Trinajstić information content (AvgIpc) is 2.96. The first-order valence-electron chi connectivity index (χ1n) is 7.93. The van der Waals surface area contributed by atoms with Crippen LogP contribution in [0.5, 0.6) is 5.75 Å². The molecule has 1 aliphatic rings. The molecule has 0 bridgehead atoms. The predicted octanol–water partition coefficient (Wildman–Crippen LogP) is 4.69. The second-order valence-corrected chi connectivity index (χ2v) is 7.14. The Morgan fingerprint density at radius 3 is 2.38 bits per heavy atom. The van der Waals surface area contributed by atoms with Gasteiger partial charge in [0, 0.05) is 5.39 Å². The molecule has 0 unspecified atom stereocenters. The van der Waals surface area contributed by atoms with E-state index < -0.39 is 24.0 Å². The van der Waals surface area contributed by atoms with Crippen LogP contribution in [0.25, 0.3) is 17.0 Å². The second-order valence-electron chi connectivity index (χ2n) is 7.14. The number of hydrogen-bond donors (Lipinski definition) is 0. The van der Waals surface area contributed by atoms with Gasteiger partial charge in [0.25, 0.3) is 0 Å². The number of aryl methyl sites for hydroxylation is 1. The van der Waals surface area contributed by atoms with Crippen molar-refractivity contribution in [2.24, 2.45) is 0 Å². The fraction of sp³-hybridized carbons (Fsp3) is 0.444. The Hall–Kier alpha value is -1.79. The van der Waals surface area contributed by atoms with Crippen LogP contribution in [0.1, 0.15) is 38.8 Å². The summed E-state index contributed by atoms with van der Waals surface area (Å²) < 4.78 is 37.0. The molecule has 0 atom stereocenters. The van der Waals surface area contributed by atoms with Gasteiger partial charge in [0.05, 0.1) is 24.6 Å². The van der Waals surface area contributed by atoms with Crippen molar-refractivity contribution in [1.82, 2.24) is 0 Å². The molecule has 1 aromatic carbocycles. The molecule has 0 saturated carbocycles. The van der Waals surface area contributed by atoms with E-state index in [-0.39, 0.29) is 0 Å². The highest BCUT2D eigenvalue weighted by molar-refractivity contribution is 6.54. The van der Waals surface area contributed by atoms with Gasteiger partial charge in [-0.3, -0.25) is 0 Å². The summed E-state index contributed by atoms with van der Waals surface area (Å²) in [5.74, 6) is 0.563. The van der Waals surface area contributed by atoms with Crippen LogP contribution in [0.3, 0.4) is 0 Å². The van der Waals surface area contributed by atoms with Crippen LogP contribution in [0.2, 0.25) is 0 Å². The van der Waals surface area contributed by atoms with Crippen LogP contribution in [0.4, 0.5) is 4.39 Å². The molecule has 0 radical (unpaired) electrons. The molecular formula is C18H22BFO4. The summed E-state index contributed by atoms with van der Waals surface area (Å²) in [6.45, 7) is 9.51. The zero-order valence-corrected chi connectivity index (χ0v) is 14.9. The summed E-state index contributed by atoms with van der Waals surface area (Å²) in [4.78, 5) is 0. The third-order valence-corrected chi connectivity index (χ3v) is 4.86. The molecule has 2 heterocycles. The Bertz CT molecular complexity index is 791. The van der Waals surface area contributed by atoms with E-state index in [0.717, 1.165) is 10.9 Å². The molecule has 6 heteroatoms. The van der Waals surface area contributed by atoms with Gasteiger partial charge in [0.15, 0.2) is 11.3 Å². The highest BCUT2D eigenvalue weighted by atomic mass is 19.1. The number of fused-ring (bicyclic) bond motifs is 1. The average molecular weight is 332 g/mol. The molecule has 0 N–H and O–H groups in total. The van der Waals surface area contributed by atoms with E-state index in [1.165, 1.54) is 6.08 Å². The fourth-order valence-electron chi connectivity index (χ4n) is 2.67. The number of furan rings is 1. The molecule has 1 aromatic heterocycles. The van der Waals surface area contributed by atoms with Crippen molar-refractivity contribution in [1.29, 1.82) is 0 Å². The van der Waals surface area contributed by atoms with Crippen molar-refractivity contribution in [3.05, 3.63) is 35.2 Å². The molecule has 1 aliphatic heterocycles. The molecule has 1 fully saturated rings. The quantitative estimate of drug-likeness (QED) is 0.765. The third kappa shape index (κ3) is 2.74. The fourth-order valence-corrected chi connectivity index (χ4v) is 2.67. The summed E-state index contributed by atoms with van der Waals surface area (Å²) in [7, 11) is 0.548. The van der Waals surface area contributed by atoms with Crippen LogP contribution < -0.4 is 4.74 Å². The molecule has 0 amide bonds. The number of methoxy groups -OCH3 is 1. The zero-order chi connectivity index (χ0) is 17.7. The molecule has 128 valence electrons. The first-order chi connectivity index (χ1) is 11.1. The van der Waals surface area contributed by atoms with Gasteiger partial charge in [0.2, 0.25) is 0 Å². The third-order valence-electron chi connectivity index (χ3n) is 4.86. The van der Waals surface area contributed by atoms with Crippen LogP contribution >= 0.6 is 0 Å². The van der Waals surface area contributed by atoms with Crippen molar-refractivity contribution in [2.75, 3.05) is 7.11 Å². The number of rotatable bonds is 3. The minimum Gasteiger partial charge on any atom is -0.493 e. The molecular weight excluding hydrogens is 310 g/mol. The van der Waals surface area contributed by atoms with Gasteiger partial charge in [-0.05, 0) is 64.0 Å². The highest BCUT2D eigenvalue weighted by Crippen LogP contribution is 2.39. The van der Waals surface area contributed by atoms with Gasteiger partial charge >= 0.3 is 7.12 Å². The number of halogens is 1. The van der Waals surface area contributed by atoms with Gasteiger partial charge in [-0.2, -0.15) is 0 Å². The van der Waals surface area contributed by atoms with E-state index in [4.69, 9.17) is 18.5 Å². The number of benzene rings is 1. The maximum Gasteiger partial charge on any atom is 0.525 e. The lowest BCUT2D eigenvalue weighted by Crippen LogP contribution is -2.41. The van der Waals surface area contributed by atoms with Gasteiger partial charge in [-0.1, -0.05) is 0 Å². The van der Waals surface area contributed by atoms with Crippen LogP contribution in [-0.2, 0) is 9.31 Å². The van der Waals surface area contributed by atoms with Crippen molar-refractivity contribution < 1.29 is 22.9 Å².